The molecule has 1 aliphatic carbocycles. The molecule has 0 spiro atoms. The highest BCUT2D eigenvalue weighted by atomic mass is 32.1. The lowest BCUT2D eigenvalue weighted by Crippen LogP contribution is -2.18. The number of hydrogen-bond acceptors (Lipinski definition) is 5. The van der Waals surface area contributed by atoms with Crippen molar-refractivity contribution in [2.75, 3.05) is 5.32 Å². The number of para-hydroxylation sites is 1. The number of aromatic nitrogens is 4. The second kappa shape index (κ2) is 11.3. The van der Waals surface area contributed by atoms with Crippen LogP contribution >= 0.6 is 12.6 Å². The largest absolute Gasteiger partial charge is 0.419 e. The standard InChI is InChI=1S/C16H14F3N5.C9H18S/c1-10-5-3-4-6-13(10)22-15-20-8-12(16(17,18)19)14(23-15)11-7-21-24(2)9-11;1-7(2)8-3-5-9(10)6-4-8/h3-9H,1-2H3,(H,20,22,23);7-10H,3-6H2,1-2H3. The topological polar surface area (TPSA) is 55.6 Å². The molecule has 184 valence electrons. The van der Waals surface area contributed by atoms with Crippen molar-refractivity contribution in [3.8, 4) is 11.3 Å². The second-order valence-electron chi connectivity index (χ2n) is 9.11. The van der Waals surface area contributed by atoms with Crippen LogP contribution in [0.5, 0.6) is 0 Å². The number of aryl methyl sites for hydroxylation is 2. The number of hydrogen-bond donors (Lipinski definition) is 2. The first kappa shape index (κ1) is 26.1. The molecule has 3 aromatic rings. The summed E-state index contributed by atoms with van der Waals surface area (Å²) in [6.07, 6.45) is 4.56. The average Bonchev–Trinajstić information content (AvgIpc) is 3.21. The summed E-state index contributed by atoms with van der Waals surface area (Å²) in [5.74, 6) is 1.97. The summed E-state index contributed by atoms with van der Waals surface area (Å²) >= 11 is 4.47. The number of nitrogens with zero attached hydrogens (tertiary/aromatic N) is 4. The minimum atomic E-state index is -4.55. The third-order valence-electron chi connectivity index (χ3n) is 6.15. The van der Waals surface area contributed by atoms with E-state index in [9.17, 15) is 13.2 Å². The van der Waals surface area contributed by atoms with E-state index in [0.29, 0.717) is 5.25 Å². The van der Waals surface area contributed by atoms with E-state index in [0.717, 1.165) is 29.3 Å². The predicted octanol–water partition coefficient (Wildman–Crippen LogP) is 7.08. The van der Waals surface area contributed by atoms with E-state index in [2.05, 4.69) is 46.9 Å². The molecule has 0 unspecified atom stereocenters. The smallest absolute Gasteiger partial charge is 0.324 e. The van der Waals surface area contributed by atoms with Crippen LogP contribution in [0.1, 0.15) is 50.7 Å². The summed E-state index contributed by atoms with van der Waals surface area (Å²) in [6, 6.07) is 7.38. The molecule has 1 aliphatic rings. The third-order valence-corrected chi connectivity index (χ3v) is 6.66. The number of benzene rings is 1. The number of alkyl halides is 3. The lowest BCUT2D eigenvalue weighted by Gasteiger charge is -2.28. The van der Waals surface area contributed by atoms with E-state index in [1.54, 1.807) is 13.1 Å². The van der Waals surface area contributed by atoms with E-state index in [1.165, 1.54) is 42.8 Å². The van der Waals surface area contributed by atoms with Gasteiger partial charge in [0.15, 0.2) is 0 Å². The molecule has 0 atom stereocenters. The van der Waals surface area contributed by atoms with Crippen LogP contribution in [0.15, 0.2) is 42.9 Å². The van der Waals surface area contributed by atoms with Crippen LogP contribution in [0.2, 0.25) is 0 Å². The Labute approximate surface area is 204 Å². The molecule has 0 saturated heterocycles. The van der Waals surface area contributed by atoms with Crippen LogP contribution in [0.3, 0.4) is 0 Å². The Bertz CT molecular complexity index is 1070. The van der Waals surface area contributed by atoms with Crippen molar-refractivity contribution in [3.05, 3.63) is 54.0 Å². The number of nitrogens with one attached hydrogen (secondary N) is 1. The summed E-state index contributed by atoms with van der Waals surface area (Å²) in [5.41, 5.74) is 0.839. The number of rotatable bonds is 4. The molecule has 5 nitrogen and oxygen atoms in total. The van der Waals surface area contributed by atoms with Gasteiger partial charge in [-0.05, 0) is 56.1 Å². The maximum atomic E-state index is 13.2. The zero-order valence-electron chi connectivity index (χ0n) is 20.0. The summed E-state index contributed by atoms with van der Waals surface area (Å²) in [4.78, 5) is 7.87. The van der Waals surface area contributed by atoms with Gasteiger partial charge in [-0.1, -0.05) is 32.0 Å². The summed E-state index contributed by atoms with van der Waals surface area (Å²) < 4.78 is 41.1. The molecule has 0 aliphatic heterocycles. The monoisotopic (exact) mass is 491 g/mol. The minimum absolute atomic E-state index is 0.0937. The van der Waals surface area contributed by atoms with Gasteiger partial charge < -0.3 is 5.32 Å². The fourth-order valence-electron chi connectivity index (χ4n) is 4.01. The van der Waals surface area contributed by atoms with Crippen molar-refractivity contribution >= 4 is 24.3 Å². The van der Waals surface area contributed by atoms with Crippen molar-refractivity contribution in [3.63, 3.8) is 0 Å². The molecule has 9 heteroatoms. The Morgan fingerprint density at radius 3 is 2.32 bits per heavy atom. The van der Waals surface area contributed by atoms with Crippen molar-refractivity contribution in [1.29, 1.82) is 0 Å². The van der Waals surface area contributed by atoms with Crippen LogP contribution in [0.25, 0.3) is 11.3 Å². The van der Waals surface area contributed by atoms with Crippen LogP contribution in [0.4, 0.5) is 24.8 Å². The Kier molecular flexibility index (Phi) is 8.62. The van der Waals surface area contributed by atoms with Gasteiger partial charge in [0.1, 0.15) is 5.56 Å². The summed E-state index contributed by atoms with van der Waals surface area (Å²) in [7, 11) is 1.63. The average molecular weight is 492 g/mol. The first-order valence-corrected chi connectivity index (χ1v) is 12.0. The van der Waals surface area contributed by atoms with Gasteiger partial charge in [0.25, 0.3) is 0 Å². The molecule has 34 heavy (non-hydrogen) atoms. The van der Waals surface area contributed by atoms with Gasteiger partial charge in [0.2, 0.25) is 5.95 Å². The number of thiol groups is 1. The third kappa shape index (κ3) is 6.98. The predicted molar refractivity (Wildman–Crippen MR) is 133 cm³/mol. The highest BCUT2D eigenvalue weighted by Gasteiger charge is 2.35. The quantitative estimate of drug-likeness (QED) is 0.383. The van der Waals surface area contributed by atoms with Crippen LogP contribution in [-0.4, -0.2) is 25.0 Å². The molecule has 1 saturated carbocycles. The van der Waals surface area contributed by atoms with Gasteiger partial charge in [-0.25, -0.2) is 9.97 Å². The molecule has 1 N–H and O–H groups in total. The lowest BCUT2D eigenvalue weighted by atomic mass is 9.82. The van der Waals surface area contributed by atoms with Gasteiger partial charge in [-0.15, -0.1) is 0 Å². The van der Waals surface area contributed by atoms with Crippen LogP contribution in [0, 0.1) is 18.8 Å². The van der Waals surface area contributed by atoms with Crippen molar-refractivity contribution in [1.82, 2.24) is 19.7 Å². The molecule has 0 bridgehead atoms. The molecule has 1 aromatic carbocycles. The zero-order valence-corrected chi connectivity index (χ0v) is 20.9. The van der Waals surface area contributed by atoms with Crippen molar-refractivity contribution < 1.29 is 13.2 Å². The van der Waals surface area contributed by atoms with Crippen molar-refractivity contribution in [2.45, 2.75) is 57.9 Å². The maximum Gasteiger partial charge on any atom is 0.419 e. The van der Waals surface area contributed by atoms with Gasteiger partial charge in [-0.3, -0.25) is 4.68 Å². The Morgan fingerprint density at radius 2 is 1.76 bits per heavy atom. The minimum Gasteiger partial charge on any atom is -0.324 e. The highest BCUT2D eigenvalue weighted by Crippen LogP contribution is 2.36. The van der Waals surface area contributed by atoms with E-state index in [-0.39, 0.29) is 17.2 Å². The lowest BCUT2D eigenvalue weighted by molar-refractivity contribution is -0.137. The molecule has 1 fully saturated rings. The SMILES string of the molecule is CC(C)C1CCC(S)CC1.Cc1ccccc1Nc1ncc(C(F)(F)F)c(-c2cnn(C)c2)n1. The molecule has 0 radical (unpaired) electrons. The van der Waals surface area contributed by atoms with Gasteiger partial charge in [0.05, 0.1) is 11.9 Å². The van der Waals surface area contributed by atoms with E-state index in [4.69, 9.17) is 0 Å². The fraction of sp³-hybridized carbons (Fsp3) is 0.480. The zero-order chi connectivity index (χ0) is 24.9. The van der Waals surface area contributed by atoms with Crippen LogP contribution in [-0.2, 0) is 13.2 Å². The molecule has 0 amide bonds. The van der Waals surface area contributed by atoms with Crippen molar-refractivity contribution in [2.24, 2.45) is 18.9 Å². The molecule has 2 heterocycles. The Balaban J connectivity index is 0.000000271. The first-order chi connectivity index (χ1) is 16.0. The maximum absolute atomic E-state index is 13.2. The number of halogens is 3. The van der Waals surface area contributed by atoms with E-state index < -0.39 is 11.7 Å². The molecular weight excluding hydrogens is 459 g/mol. The van der Waals surface area contributed by atoms with Gasteiger partial charge >= 0.3 is 6.18 Å². The fourth-order valence-corrected chi connectivity index (χ4v) is 4.31. The summed E-state index contributed by atoms with van der Waals surface area (Å²) in [6.45, 7) is 6.56. The molecular formula is C25H32F3N5S. The van der Waals surface area contributed by atoms with E-state index >= 15 is 0 Å². The summed E-state index contributed by atoms with van der Waals surface area (Å²) in [5, 5.41) is 7.57. The van der Waals surface area contributed by atoms with Gasteiger partial charge in [0, 0.05) is 35.9 Å². The second-order valence-corrected chi connectivity index (χ2v) is 9.84. The highest BCUT2D eigenvalue weighted by molar-refractivity contribution is 7.80. The molecule has 4 rings (SSSR count). The Morgan fingerprint density at radius 1 is 1.09 bits per heavy atom. The normalized spacial score (nSPS) is 18.4. The number of anilines is 2. The van der Waals surface area contributed by atoms with Crippen LogP contribution < -0.4 is 5.32 Å². The first-order valence-electron chi connectivity index (χ1n) is 11.5. The molecule has 2 aromatic heterocycles. The van der Waals surface area contributed by atoms with Gasteiger partial charge in [-0.2, -0.15) is 30.9 Å². The van der Waals surface area contributed by atoms with E-state index in [1.807, 2.05) is 25.1 Å². The Hall–Kier alpha value is -2.55.